The highest BCUT2D eigenvalue weighted by Gasteiger charge is 2.42. The van der Waals surface area contributed by atoms with E-state index >= 15 is 0 Å². The van der Waals surface area contributed by atoms with Crippen LogP contribution >= 0.6 is 0 Å². The molecule has 0 aromatic heterocycles. The van der Waals surface area contributed by atoms with Crippen LogP contribution in [-0.4, -0.2) is 15.2 Å². The molecule has 1 aliphatic heterocycles. The Labute approximate surface area is 77.4 Å². The first-order valence-electron chi connectivity index (χ1n) is 5.05. The van der Waals surface area contributed by atoms with Crippen LogP contribution in [0.3, 0.4) is 0 Å². The third-order valence-corrected chi connectivity index (χ3v) is 5.53. The molecule has 0 spiro atoms. The molecule has 1 saturated carbocycles. The van der Waals surface area contributed by atoms with Crippen molar-refractivity contribution in [1.29, 1.82) is 0 Å². The van der Waals surface area contributed by atoms with E-state index in [0.717, 1.165) is 23.5 Å². The number of hydrogen-bond acceptors (Lipinski definition) is 1. The Bertz CT molecular complexity index is 200. The van der Waals surface area contributed by atoms with Gasteiger partial charge in [0.25, 0.3) is 0 Å². The molecule has 1 heterocycles. The van der Waals surface area contributed by atoms with E-state index in [2.05, 4.69) is 13.8 Å². The predicted octanol–water partition coefficient (Wildman–Crippen LogP) is 2.19. The first-order chi connectivity index (χ1) is 5.68. The van der Waals surface area contributed by atoms with Crippen molar-refractivity contribution in [3.63, 3.8) is 0 Å². The van der Waals surface area contributed by atoms with Crippen molar-refractivity contribution in [3.8, 4) is 0 Å². The van der Waals surface area contributed by atoms with Crippen molar-refractivity contribution in [3.05, 3.63) is 0 Å². The summed E-state index contributed by atoms with van der Waals surface area (Å²) in [5, 5.41) is 0.581. The highest BCUT2D eigenvalue weighted by Crippen LogP contribution is 2.43. The summed E-state index contributed by atoms with van der Waals surface area (Å²) in [5.41, 5.74) is 0. The Kier molecular flexibility index (Phi) is 2.28. The summed E-state index contributed by atoms with van der Waals surface area (Å²) < 4.78 is 11.5. The largest absolute Gasteiger partial charge is 0.259 e. The molecular formula is C10H18OS. The summed E-state index contributed by atoms with van der Waals surface area (Å²) in [5.74, 6) is 3.47. The molecule has 2 heteroatoms. The lowest BCUT2D eigenvalue weighted by Crippen LogP contribution is -2.11. The van der Waals surface area contributed by atoms with E-state index in [4.69, 9.17) is 0 Å². The first kappa shape index (κ1) is 8.74. The molecule has 2 rings (SSSR count). The smallest absolute Gasteiger partial charge is 0.0379 e. The average molecular weight is 186 g/mol. The van der Waals surface area contributed by atoms with Gasteiger partial charge in [-0.05, 0) is 37.0 Å². The second-order valence-electron chi connectivity index (χ2n) is 4.65. The first-order valence-corrected chi connectivity index (χ1v) is 6.44. The van der Waals surface area contributed by atoms with Gasteiger partial charge in [-0.15, -0.1) is 0 Å². The van der Waals surface area contributed by atoms with Crippen LogP contribution in [-0.2, 0) is 10.8 Å². The van der Waals surface area contributed by atoms with Gasteiger partial charge in [0.2, 0.25) is 0 Å². The second kappa shape index (κ2) is 3.13. The fourth-order valence-corrected chi connectivity index (χ4v) is 4.69. The Morgan fingerprint density at radius 3 is 2.67 bits per heavy atom. The van der Waals surface area contributed by atoms with Gasteiger partial charge in [-0.25, -0.2) is 0 Å². The third-order valence-electron chi connectivity index (χ3n) is 3.64. The maximum absolute atomic E-state index is 11.5. The summed E-state index contributed by atoms with van der Waals surface area (Å²) in [6, 6.07) is 0. The zero-order chi connectivity index (χ0) is 8.72. The molecule has 4 unspecified atom stereocenters. The monoisotopic (exact) mass is 186 g/mol. The fourth-order valence-electron chi connectivity index (χ4n) is 2.72. The molecule has 70 valence electrons. The van der Waals surface area contributed by atoms with Gasteiger partial charge in [-0.2, -0.15) is 0 Å². The third kappa shape index (κ3) is 1.34. The highest BCUT2D eigenvalue weighted by atomic mass is 32.2. The molecule has 1 saturated heterocycles. The quantitative estimate of drug-likeness (QED) is 0.613. The predicted molar refractivity (Wildman–Crippen MR) is 52.5 cm³/mol. The van der Waals surface area contributed by atoms with Crippen LogP contribution < -0.4 is 0 Å². The number of rotatable bonds is 1. The van der Waals surface area contributed by atoms with E-state index in [-0.39, 0.29) is 0 Å². The van der Waals surface area contributed by atoms with Crippen LogP contribution in [0.25, 0.3) is 0 Å². The second-order valence-corrected chi connectivity index (χ2v) is 6.42. The number of hydrogen-bond donors (Lipinski definition) is 0. The number of fused-ring (bicyclic) bond motifs is 1. The topological polar surface area (TPSA) is 17.1 Å². The van der Waals surface area contributed by atoms with E-state index in [1.54, 1.807) is 0 Å². The zero-order valence-corrected chi connectivity index (χ0v) is 8.77. The molecule has 4 atom stereocenters. The minimum absolute atomic E-state index is 0.465. The van der Waals surface area contributed by atoms with E-state index in [1.807, 2.05) is 0 Å². The van der Waals surface area contributed by atoms with Gasteiger partial charge in [0, 0.05) is 21.8 Å². The summed E-state index contributed by atoms with van der Waals surface area (Å²) in [4.78, 5) is 0. The summed E-state index contributed by atoms with van der Waals surface area (Å²) in [7, 11) is -0.465. The Hall–Kier alpha value is 0.150. The highest BCUT2D eigenvalue weighted by molar-refractivity contribution is 7.85. The minimum atomic E-state index is -0.465. The summed E-state index contributed by atoms with van der Waals surface area (Å²) >= 11 is 0. The van der Waals surface area contributed by atoms with Crippen LogP contribution in [0, 0.1) is 17.8 Å². The van der Waals surface area contributed by atoms with Gasteiger partial charge in [-0.1, -0.05) is 13.8 Å². The van der Waals surface area contributed by atoms with E-state index < -0.39 is 10.8 Å². The van der Waals surface area contributed by atoms with Gasteiger partial charge in [0.1, 0.15) is 0 Å². The van der Waals surface area contributed by atoms with Gasteiger partial charge in [-0.3, -0.25) is 4.21 Å². The van der Waals surface area contributed by atoms with Crippen LogP contribution in [0.5, 0.6) is 0 Å². The van der Waals surface area contributed by atoms with Crippen LogP contribution in [0.2, 0.25) is 0 Å². The summed E-state index contributed by atoms with van der Waals surface area (Å²) in [6.45, 7) is 4.60. The summed E-state index contributed by atoms with van der Waals surface area (Å²) in [6.07, 6.45) is 3.84. The normalized spacial score (nSPS) is 46.9. The lowest BCUT2D eigenvalue weighted by atomic mass is 9.93. The van der Waals surface area contributed by atoms with Crippen LogP contribution in [0.15, 0.2) is 0 Å². The molecule has 0 amide bonds. The molecule has 0 bridgehead atoms. The minimum Gasteiger partial charge on any atom is -0.259 e. The standard InChI is InChI=1S/C10H18OS/c1-7(2)9-5-8-3-4-12(11)10(8)6-9/h7-10H,3-6H2,1-2H3. The molecule has 2 fully saturated rings. The molecule has 0 aromatic rings. The van der Waals surface area contributed by atoms with Gasteiger partial charge < -0.3 is 0 Å². The fraction of sp³-hybridized carbons (Fsp3) is 1.00. The van der Waals surface area contributed by atoms with Crippen molar-refractivity contribution < 1.29 is 4.21 Å². The van der Waals surface area contributed by atoms with Crippen molar-refractivity contribution in [1.82, 2.24) is 0 Å². The Balaban J connectivity index is 2.03. The molecule has 0 radical (unpaired) electrons. The Morgan fingerprint density at radius 2 is 2.08 bits per heavy atom. The molecule has 12 heavy (non-hydrogen) atoms. The molecule has 0 N–H and O–H groups in total. The van der Waals surface area contributed by atoms with Crippen LogP contribution in [0.1, 0.15) is 33.1 Å². The lowest BCUT2D eigenvalue weighted by molar-refractivity contribution is 0.376. The maximum Gasteiger partial charge on any atom is 0.0379 e. The van der Waals surface area contributed by atoms with E-state index in [0.29, 0.717) is 5.25 Å². The zero-order valence-electron chi connectivity index (χ0n) is 7.95. The Morgan fingerprint density at radius 1 is 1.33 bits per heavy atom. The van der Waals surface area contributed by atoms with Gasteiger partial charge in [0.15, 0.2) is 0 Å². The maximum atomic E-state index is 11.5. The van der Waals surface area contributed by atoms with Gasteiger partial charge >= 0.3 is 0 Å². The van der Waals surface area contributed by atoms with Crippen molar-refractivity contribution in [2.45, 2.75) is 38.4 Å². The van der Waals surface area contributed by atoms with E-state index in [1.165, 1.54) is 19.3 Å². The SMILES string of the molecule is CC(C)C1CC2CCS(=O)C2C1. The molecule has 2 aliphatic rings. The van der Waals surface area contributed by atoms with Crippen molar-refractivity contribution in [2.24, 2.45) is 17.8 Å². The molecule has 1 aliphatic carbocycles. The lowest BCUT2D eigenvalue weighted by Gasteiger charge is -2.14. The van der Waals surface area contributed by atoms with E-state index in [9.17, 15) is 4.21 Å². The van der Waals surface area contributed by atoms with Gasteiger partial charge in [0.05, 0.1) is 0 Å². The average Bonchev–Trinajstić information content (AvgIpc) is 2.53. The van der Waals surface area contributed by atoms with Crippen molar-refractivity contribution in [2.75, 3.05) is 5.75 Å². The molecular weight excluding hydrogens is 168 g/mol. The molecule has 1 nitrogen and oxygen atoms in total. The molecule has 0 aromatic carbocycles. The van der Waals surface area contributed by atoms with Crippen molar-refractivity contribution >= 4 is 10.8 Å². The van der Waals surface area contributed by atoms with Crippen LogP contribution in [0.4, 0.5) is 0 Å².